The summed E-state index contributed by atoms with van der Waals surface area (Å²) in [5.74, 6) is 1.10. The Morgan fingerprint density at radius 2 is 1.75 bits per heavy atom. The van der Waals surface area contributed by atoms with Crippen LogP contribution in [0, 0.1) is 0 Å². The lowest BCUT2D eigenvalue weighted by Gasteiger charge is -2.25. The van der Waals surface area contributed by atoms with Crippen molar-refractivity contribution in [2.24, 2.45) is 0 Å². The Morgan fingerprint density at radius 1 is 1.03 bits per heavy atom. The molecule has 2 aromatic carbocycles. The number of halogens is 1. The van der Waals surface area contributed by atoms with Crippen molar-refractivity contribution in [2.75, 3.05) is 51.0 Å². The van der Waals surface area contributed by atoms with Gasteiger partial charge in [-0.05, 0) is 36.3 Å². The Labute approximate surface area is 199 Å². The fraction of sp³-hybridized carbons (Fsp3) is 0.391. The monoisotopic (exact) mass is 476 g/mol. The third-order valence-corrected chi connectivity index (χ3v) is 5.93. The molecule has 1 aliphatic heterocycles. The summed E-state index contributed by atoms with van der Waals surface area (Å²) < 4.78 is 10.8. The highest BCUT2D eigenvalue weighted by Crippen LogP contribution is 2.36. The molecule has 1 heterocycles. The van der Waals surface area contributed by atoms with E-state index in [-0.39, 0.29) is 5.91 Å². The number of nitrogens with zero attached hydrogens (tertiary/aromatic N) is 2. The molecule has 1 saturated heterocycles. The van der Waals surface area contributed by atoms with E-state index in [9.17, 15) is 4.79 Å². The number of nitrogens with one attached hydrogen (secondary N) is 2. The number of carbonyl (C=O) groups is 1. The predicted molar refractivity (Wildman–Crippen MR) is 133 cm³/mol. The van der Waals surface area contributed by atoms with Gasteiger partial charge in [-0.2, -0.15) is 0 Å². The molecule has 172 valence electrons. The predicted octanol–water partition coefficient (Wildman–Crippen LogP) is 4.22. The minimum absolute atomic E-state index is 0.0652. The Bertz CT molecular complexity index is 955. The molecule has 2 aromatic rings. The number of amides is 1. The molecule has 1 amide bonds. The van der Waals surface area contributed by atoms with Gasteiger partial charge in [0.1, 0.15) is 11.5 Å². The summed E-state index contributed by atoms with van der Waals surface area (Å²) in [6.45, 7) is 5.95. The maximum Gasteiger partial charge on any atom is 0.221 e. The Hall–Kier alpha value is -2.55. The average Bonchev–Trinajstić information content (AvgIpc) is 3.01. The van der Waals surface area contributed by atoms with Crippen LogP contribution in [0.2, 0.25) is 5.02 Å². The summed E-state index contributed by atoms with van der Waals surface area (Å²) in [7, 11) is 3.17. The van der Waals surface area contributed by atoms with Gasteiger partial charge in [0, 0.05) is 57.5 Å². The number of thiocarbonyl (C=S) groups is 1. The van der Waals surface area contributed by atoms with E-state index in [1.807, 2.05) is 12.1 Å². The normalized spacial score (nSPS) is 14.4. The molecule has 0 spiro atoms. The first-order valence-corrected chi connectivity index (χ1v) is 11.2. The minimum atomic E-state index is -0.0652. The zero-order valence-corrected chi connectivity index (χ0v) is 20.2. The molecule has 0 aromatic heterocycles. The van der Waals surface area contributed by atoms with Crippen LogP contribution >= 0.6 is 23.8 Å². The molecule has 0 bridgehead atoms. The highest BCUT2D eigenvalue weighted by atomic mass is 35.5. The van der Waals surface area contributed by atoms with E-state index in [2.05, 4.69) is 32.6 Å². The number of methoxy groups -OCH3 is 2. The fourth-order valence-corrected chi connectivity index (χ4v) is 4.16. The number of hydrogen-bond donors (Lipinski definition) is 2. The van der Waals surface area contributed by atoms with Gasteiger partial charge in [0.15, 0.2) is 5.11 Å². The molecule has 0 aliphatic carbocycles. The SMILES string of the molecule is COc1cc(NC(=S)N2CCCN(Cc3ccc(NC(C)=O)cc3)CC2)c(OC)cc1Cl. The van der Waals surface area contributed by atoms with E-state index in [0.717, 1.165) is 50.5 Å². The zero-order valence-electron chi connectivity index (χ0n) is 18.6. The van der Waals surface area contributed by atoms with Crippen LogP contribution in [0.5, 0.6) is 11.5 Å². The summed E-state index contributed by atoms with van der Waals surface area (Å²) >= 11 is 11.9. The summed E-state index contributed by atoms with van der Waals surface area (Å²) in [6.07, 6.45) is 1.01. The maximum absolute atomic E-state index is 11.2. The Morgan fingerprint density at radius 3 is 2.41 bits per heavy atom. The molecule has 7 nitrogen and oxygen atoms in total. The van der Waals surface area contributed by atoms with Crippen molar-refractivity contribution in [3.63, 3.8) is 0 Å². The number of hydrogen-bond acceptors (Lipinski definition) is 5. The van der Waals surface area contributed by atoms with Crippen LogP contribution < -0.4 is 20.1 Å². The van der Waals surface area contributed by atoms with Gasteiger partial charge in [0.05, 0.1) is 24.9 Å². The van der Waals surface area contributed by atoms with Crippen molar-refractivity contribution in [1.29, 1.82) is 0 Å². The molecule has 1 aliphatic rings. The smallest absolute Gasteiger partial charge is 0.221 e. The van der Waals surface area contributed by atoms with Crippen molar-refractivity contribution in [3.05, 3.63) is 47.0 Å². The van der Waals surface area contributed by atoms with E-state index < -0.39 is 0 Å². The molecule has 0 atom stereocenters. The van der Waals surface area contributed by atoms with Crippen LogP contribution in [0.4, 0.5) is 11.4 Å². The Kier molecular flexibility index (Phi) is 8.55. The van der Waals surface area contributed by atoms with Gasteiger partial charge in [-0.15, -0.1) is 0 Å². The van der Waals surface area contributed by atoms with Gasteiger partial charge in [-0.25, -0.2) is 0 Å². The number of anilines is 2. The van der Waals surface area contributed by atoms with Crippen LogP contribution in [-0.4, -0.2) is 61.2 Å². The molecule has 2 N–H and O–H groups in total. The van der Waals surface area contributed by atoms with Crippen molar-refractivity contribution in [3.8, 4) is 11.5 Å². The number of benzene rings is 2. The second kappa shape index (κ2) is 11.4. The van der Waals surface area contributed by atoms with Gasteiger partial charge >= 0.3 is 0 Å². The lowest BCUT2D eigenvalue weighted by molar-refractivity contribution is -0.114. The summed E-state index contributed by atoms with van der Waals surface area (Å²) in [5, 5.41) is 7.22. The van der Waals surface area contributed by atoms with Gasteiger partial charge in [-0.3, -0.25) is 9.69 Å². The topological polar surface area (TPSA) is 66.1 Å². The van der Waals surface area contributed by atoms with Gasteiger partial charge in [0.2, 0.25) is 5.91 Å². The molecule has 1 fully saturated rings. The zero-order chi connectivity index (χ0) is 23.1. The Balaban J connectivity index is 1.58. The standard InChI is InChI=1S/C23H29ClN4O3S/c1-16(29)25-18-7-5-17(6-8-18)15-27-9-4-10-28(12-11-27)23(32)26-20-14-21(30-2)19(24)13-22(20)31-3/h5-8,13-14H,4,9-12,15H2,1-3H3,(H,25,29)(H,26,32). The minimum Gasteiger partial charge on any atom is -0.495 e. The van der Waals surface area contributed by atoms with Crippen molar-refractivity contribution in [1.82, 2.24) is 9.80 Å². The summed E-state index contributed by atoms with van der Waals surface area (Å²) in [5.41, 5.74) is 2.75. The molecule has 32 heavy (non-hydrogen) atoms. The second-order valence-electron chi connectivity index (χ2n) is 7.61. The average molecular weight is 477 g/mol. The van der Waals surface area contributed by atoms with Crippen LogP contribution in [-0.2, 0) is 11.3 Å². The molecule has 9 heteroatoms. The number of rotatable bonds is 6. The van der Waals surface area contributed by atoms with Crippen molar-refractivity contribution < 1.29 is 14.3 Å². The van der Waals surface area contributed by atoms with Crippen molar-refractivity contribution >= 4 is 46.2 Å². The van der Waals surface area contributed by atoms with Crippen molar-refractivity contribution in [2.45, 2.75) is 19.9 Å². The van der Waals surface area contributed by atoms with Crippen LogP contribution in [0.15, 0.2) is 36.4 Å². The second-order valence-corrected chi connectivity index (χ2v) is 8.41. The lowest BCUT2D eigenvalue weighted by Crippen LogP contribution is -2.37. The van der Waals surface area contributed by atoms with E-state index in [4.69, 9.17) is 33.3 Å². The maximum atomic E-state index is 11.2. The van der Waals surface area contributed by atoms with Gasteiger partial charge in [0.25, 0.3) is 0 Å². The molecule has 0 saturated carbocycles. The molecule has 3 rings (SSSR count). The molecular formula is C23H29ClN4O3S. The summed E-state index contributed by atoms with van der Waals surface area (Å²) in [6, 6.07) is 11.5. The van der Waals surface area contributed by atoms with E-state index >= 15 is 0 Å². The highest BCUT2D eigenvalue weighted by Gasteiger charge is 2.19. The quantitative estimate of drug-likeness (QED) is 0.605. The van der Waals surface area contributed by atoms with Gasteiger partial charge in [-0.1, -0.05) is 23.7 Å². The first-order valence-electron chi connectivity index (χ1n) is 10.5. The van der Waals surface area contributed by atoms with E-state index in [0.29, 0.717) is 21.6 Å². The fourth-order valence-electron chi connectivity index (χ4n) is 3.64. The highest BCUT2D eigenvalue weighted by molar-refractivity contribution is 7.80. The van der Waals surface area contributed by atoms with E-state index in [1.54, 1.807) is 26.4 Å². The van der Waals surface area contributed by atoms with E-state index in [1.165, 1.54) is 12.5 Å². The molecule has 0 unspecified atom stereocenters. The molecular weight excluding hydrogens is 448 g/mol. The first kappa shape index (κ1) is 24.1. The number of carbonyl (C=O) groups excluding carboxylic acids is 1. The third-order valence-electron chi connectivity index (χ3n) is 5.27. The lowest BCUT2D eigenvalue weighted by atomic mass is 10.2. The summed E-state index contributed by atoms with van der Waals surface area (Å²) in [4.78, 5) is 15.8. The molecule has 0 radical (unpaired) electrons. The van der Waals surface area contributed by atoms with Crippen LogP contribution in [0.3, 0.4) is 0 Å². The van der Waals surface area contributed by atoms with Gasteiger partial charge < -0.3 is 25.0 Å². The number of ether oxygens (including phenoxy) is 2. The largest absolute Gasteiger partial charge is 0.495 e. The first-order chi connectivity index (χ1) is 15.4. The van der Waals surface area contributed by atoms with Crippen LogP contribution in [0.25, 0.3) is 0 Å². The van der Waals surface area contributed by atoms with Crippen LogP contribution in [0.1, 0.15) is 18.9 Å². The third kappa shape index (κ3) is 6.48.